The van der Waals surface area contributed by atoms with Gasteiger partial charge in [-0.1, -0.05) is 23.9 Å². The second kappa shape index (κ2) is 9.15. The molecule has 0 saturated carbocycles. The highest BCUT2D eigenvalue weighted by Gasteiger charge is 2.62. The van der Waals surface area contributed by atoms with Crippen LogP contribution in [0.25, 0.3) is 0 Å². The van der Waals surface area contributed by atoms with Crippen LogP contribution in [0, 0.1) is 0 Å². The Morgan fingerprint density at radius 2 is 1.75 bits per heavy atom. The molecular formula is C26H30F3N3O3S. The van der Waals surface area contributed by atoms with Gasteiger partial charge in [0.15, 0.2) is 11.3 Å². The summed E-state index contributed by atoms with van der Waals surface area (Å²) in [4.78, 5) is 19.7. The molecule has 0 aliphatic carbocycles. The Bertz CT molecular complexity index is 1150. The van der Waals surface area contributed by atoms with Gasteiger partial charge < -0.3 is 19.6 Å². The van der Waals surface area contributed by atoms with Crippen LogP contribution < -0.4 is 4.90 Å². The first-order valence-electron chi connectivity index (χ1n) is 12.3. The second-order valence-electron chi connectivity index (χ2n) is 9.72. The molecule has 0 bridgehead atoms. The zero-order valence-corrected chi connectivity index (χ0v) is 21.2. The average molecular weight is 522 g/mol. The molecule has 2 aromatic carbocycles. The molecule has 2 fully saturated rings. The molecule has 1 spiro atoms. The van der Waals surface area contributed by atoms with E-state index in [4.69, 9.17) is 4.74 Å². The average Bonchev–Trinajstić information content (AvgIpc) is 3.02. The Balaban J connectivity index is 1.27. The maximum atomic E-state index is 13.4. The van der Waals surface area contributed by atoms with Gasteiger partial charge in [0.05, 0.1) is 16.9 Å². The summed E-state index contributed by atoms with van der Waals surface area (Å²) < 4.78 is 46.0. The molecule has 5 rings (SSSR count). The van der Waals surface area contributed by atoms with E-state index in [1.165, 1.54) is 22.7 Å². The van der Waals surface area contributed by atoms with Gasteiger partial charge in [0.25, 0.3) is 0 Å². The molecular weight excluding hydrogens is 491 g/mol. The van der Waals surface area contributed by atoms with Crippen molar-refractivity contribution in [3.8, 4) is 0 Å². The standard InChI is InChI=1S/C26H30F3N3O3S/c1-3-32-23(33)35-25(24(32,2)34)11-15-30(16-12-25)13-6-14-31-19-7-4-5-8-21(19)36-22-10-9-18(17-20(22)31)26(27,28)29/h4-5,7-10,17,34H,3,6,11-16H2,1-2H3. The number of nitrogens with zero attached hydrogens (tertiary/aromatic N) is 3. The number of likely N-dealkylation sites (N-methyl/N-ethyl adjacent to an activating group) is 1. The fourth-order valence-electron chi connectivity index (χ4n) is 5.59. The first-order valence-corrected chi connectivity index (χ1v) is 13.1. The van der Waals surface area contributed by atoms with E-state index in [9.17, 15) is 23.1 Å². The number of halogens is 3. The summed E-state index contributed by atoms with van der Waals surface area (Å²) in [6.45, 7) is 6.51. The van der Waals surface area contributed by atoms with Gasteiger partial charge in [0, 0.05) is 48.8 Å². The lowest BCUT2D eigenvalue weighted by Gasteiger charge is -2.45. The van der Waals surface area contributed by atoms with Crippen molar-refractivity contribution in [3.63, 3.8) is 0 Å². The van der Waals surface area contributed by atoms with Crippen LogP contribution in [-0.2, 0) is 10.9 Å². The SMILES string of the molecule is CCN1C(=O)OC2(CCN(CCCN3c4ccccc4Sc4ccc(C(F)(F)F)cc43)CC2)C1(C)O. The van der Waals surface area contributed by atoms with Crippen LogP contribution in [0.5, 0.6) is 0 Å². The minimum atomic E-state index is -4.40. The van der Waals surface area contributed by atoms with E-state index in [1.54, 1.807) is 13.0 Å². The van der Waals surface area contributed by atoms with Crippen molar-refractivity contribution in [2.24, 2.45) is 0 Å². The van der Waals surface area contributed by atoms with Gasteiger partial charge >= 0.3 is 12.3 Å². The number of rotatable bonds is 5. The zero-order chi connectivity index (χ0) is 25.7. The normalized spacial score (nSPS) is 23.6. The van der Waals surface area contributed by atoms with Crippen molar-refractivity contribution in [1.82, 2.24) is 9.80 Å². The molecule has 2 aromatic rings. The minimum Gasteiger partial charge on any atom is -0.437 e. The summed E-state index contributed by atoms with van der Waals surface area (Å²) in [5, 5.41) is 11.1. The summed E-state index contributed by atoms with van der Waals surface area (Å²) in [5.41, 5.74) is -1.40. The number of benzene rings is 2. The number of fused-ring (bicyclic) bond motifs is 2. The van der Waals surface area contributed by atoms with Gasteiger partial charge in [-0.15, -0.1) is 0 Å². The number of carbonyl (C=O) groups excluding carboxylic acids is 1. The maximum absolute atomic E-state index is 13.4. The van der Waals surface area contributed by atoms with Crippen LogP contribution in [-0.4, -0.2) is 65.0 Å². The quantitative estimate of drug-likeness (QED) is 0.544. The van der Waals surface area contributed by atoms with Gasteiger partial charge in [-0.3, -0.25) is 4.90 Å². The number of alkyl halides is 3. The van der Waals surface area contributed by atoms with Crippen molar-refractivity contribution in [3.05, 3.63) is 48.0 Å². The summed E-state index contributed by atoms with van der Waals surface area (Å²) in [7, 11) is 0. The topological polar surface area (TPSA) is 56.2 Å². The molecule has 194 valence electrons. The van der Waals surface area contributed by atoms with Crippen molar-refractivity contribution in [2.45, 2.75) is 60.4 Å². The number of aliphatic hydroxyl groups is 1. The predicted octanol–water partition coefficient (Wildman–Crippen LogP) is 5.71. The number of anilines is 2. The van der Waals surface area contributed by atoms with Gasteiger partial charge in [-0.2, -0.15) is 13.2 Å². The Hall–Kier alpha value is -2.43. The van der Waals surface area contributed by atoms with Crippen LogP contribution in [0.3, 0.4) is 0 Å². The molecule has 0 aromatic heterocycles. The third-order valence-corrected chi connectivity index (χ3v) is 8.81. The van der Waals surface area contributed by atoms with Crippen LogP contribution in [0.2, 0.25) is 0 Å². The van der Waals surface area contributed by atoms with E-state index >= 15 is 0 Å². The summed E-state index contributed by atoms with van der Waals surface area (Å²) in [6, 6.07) is 11.7. The number of carbonyl (C=O) groups is 1. The summed E-state index contributed by atoms with van der Waals surface area (Å²) in [5.74, 6) is 0. The smallest absolute Gasteiger partial charge is 0.416 e. The maximum Gasteiger partial charge on any atom is 0.416 e. The van der Waals surface area contributed by atoms with Crippen LogP contribution in [0.1, 0.15) is 38.7 Å². The van der Waals surface area contributed by atoms with Crippen LogP contribution >= 0.6 is 11.8 Å². The molecule has 1 amide bonds. The monoisotopic (exact) mass is 521 g/mol. The van der Waals surface area contributed by atoms with E-state index in [2.05, 4.69) is 4.90 Å². The predicted molar refractivity (Wildman–Crippen MR) is 132 cm³/mol. The first kappa shape index (κ1) is 25.2. The number of hydrogen-bond acceptors (Lipinski definition) is 6. The van der Waals surface area contributed by atoms with Crippen molar-refractivity contribution in [2.75, 3.05) is 37.6 Å². The van der Waals surface area contributed by atoms with Crippen molar-refractivity contribution >= 4 is 29.2 Å². The van der Waals surface area contributed by atoms with Crippen molar-refractivity contribution in [1.29, 1.82) is 0 Å². The van der Waals surface area contributed by atoms with Crippen LogP contribution in [0.15, 0.2) is 52.3 Å². The Kier molecular flexibility index (Phi) is 6.41. The Morgan fingerprint density at radius 1 is 1.06 bits per heavy atom. The highest BCUT2D eigenvalue weighted by molar-refractivity contribution is 7.99. The van der Waals surface area contributed by atoms with E-state index in [-0.39, 0.29) is 0 Å². The summed E-state index contributed by atoms with van der Waals surface area (Å²) in [6.07, 6.45) is -3.06. The fourth-order valence-corrected chi connectivity index (χ4v) is 6.67. The number of para-hydroxylation sites is 1. The lowest BCUT2D eigenvalue weighted by molar-refractivity contribution is -0.164. The van der Waals surface area contributed by atoms with Crippen molar-refractivity contribution < 1.29 is 27.8 Å². The molecule has 10 heteroatoms. The second-order valence-corrected chi connectivity index (χ2v) is 10.8. The molecule has 36 heavy (non-hydrogen) atoms. The number of likely N-dealkylation sites (tertiary alicyclic amines) is 1. The van der Waals surface area contributed by atoms with E-state index in [1.807, 2.05) is 36.1 Å². The zero-order valence-electron chi connectivity index (χ0n) is 20.3. The first-order chi connectivity index (χ1) is 17.1. The van der Waals surface area contributed by atoms with E-state index in [0.717, 1.165) is 34.5 Å². The number of ether oxygens (including phenoxy) is 1. The van der Waals surface area contributed by atoms with Gasteiger partial charge in [-0.25, -0.2) is 4.79 Å². The molecule has 3 aliphatic heterocycles. The fraction of sp³-hybridized carbons (Fsp3) is 0.500. The molecule has 1 atom stereocenters. The highest BCUT2D eigenvalue weighted by Crippen LogP contribution is 2.49. The van der Waals surface area contributed by atoms with E-state index < -0.39 is 29.2 Å². The molecule has 1 unspecified atom stereocenters. The highest BCUT2D eigenvalue weighted by atomic mass is 32.2. The Labute approximate surface area is 213 Å². The molecule has 2 saturated heterocycles. The number of amides is 1. The van der Waals surface area contributed by atoms with Gasteiger partial charge in [0.2, 0.25) is 0 Å². The molecule has 6 nitrogen and oxygen atoms in total. The molecule has 3 aliphatic rings. The largest absolute Gasteiger partial charge is 0.437 e. The van der Waals surface area contributed by atoms with Gasteiger partial charge in [0.1, 0.15) is 0 Å². The van der Waals surface area contributed by atoms with E-state index in [0.29, 0.717) is 44.7 Å². The minimum absolute atomic E-state index is 0.379. The Morgan fingerprint density at radius 3 is 2.42 bits per heavy atom. The molecule has 0 radical (unpaired) electrons. The van der Waals surface area contributed by atoms with Crippen LogP contribution in [0.4, 0.5) is 29.3 Å². The number of hydrogen-bond donors (Lipinski definition) is 1. The number of piperidine rings is 1. The lowest BCUT2D eigenvalue weighted by atomic mass is 9.82. The lowest BCUT2D eigenvalue weighted by Crippen LogP contribution is -2.60. The molecule has 3 heterocycles. The van der Waals surface area contributed by atoms with Gasteiger partial charge in [-0.05, 0) is 57.1 Å². The third kappa shape index (κ3) is 4.22. The molecule has 1 N–H and O–H groups in total. The summed E-state index contributed by atoms with van der Waals surface area (Å²) >= 11 is 1.49. The third-order valence-electron chi connectivity index (χ3n) is 7.68.